The zero-order valence-corrected chi connectivity index (χ0v) is 21.7. The zero-order valence-electron chi connectivity index (χ0n) is 20.2. The lowest BCUT2D eigenvalue weighted by Gasteiger charge is -2.21. The number of hydrogen-bond acceptors (Lipinski definition) is 10. The van der Waals surface area contributed by atoms with Crippen LogP contribution in [0, 0.1) is 0 Å². The molecule has 0 fully saturated rings. The summed E-state index contributed by atoms with van der Waals surface area (Å²) in [4.78, 5) is 27.1. The average molecular weight is 515 g/mol. The second kappa shape index (κ2) is 16.6. The van der Waals surface area contributed by atoms with E-state index in [2.05, 4.69) is 29.9 Å². The highest BCUT2D eigenvalue weighted by Crippen LogP contribution is 2.25. The van der Waals surface area contributed by atoms with E-state index in [0.717, 1.165) is 32.2 Å². The van der Waals surface area contributed by atoms with Crippen molar-refractivity contribution < 1.29 is 9.47 Å². The Labute approximate surface area is 212 Å². The summed E-state index contributed by atoms with van der Waals surface area (Å²) in [6.45, 7) is 5.85. The van der Waals surface area contributed by atoms with E-state index in [0.29, 0.717) is 19.8 Å². The van der Waals surface area contributed by atoms with Crippen LogP contribution in [0.5, 0.6) is 12.0 Å². The molecule has 34 heavy (non-hydrogen) atoms. The number of rotatable bonds is 18. The molecule has 190 valence electrons. The van der Waals surface area contributed by atoms with Gasteiger partial charge in [0.1, 0.15) is 0 Å². The molecule has 2 heterocycles. The van der Waals surface area contributed by atoms with Gasteiger partial charge in [0.25, 0.3) is 0 Å². The molecule has 10 nitrogen and oxygen atoms in total. The Morgan fingerprint density at radius 2 is 1.03 bits per heavy atom. The molecule has 0 bridgehead atoms. The Morgan fingerprint density at radius 3 is 1.44 bits per heavy atom. The van der Waals surface area contributed by atoms with E-state index in [1.807, 2.05) is 13.8 Å². The molecule has 0 spiro atoms. The van der Waals surface area contributed by atoms with Crippen LogP contribution in [0.15, 0.2) is 0 Å². The second-order valence-corrected chi connectivity index (χ2v) is 8.39. The third kappa shape index (κ3) is 10.5. The lowest BCUT2D eigenvalue weighted by molar-refractivity contribution is 0.310. The van der Waals surface area contributed by atoms with E-state index in [1.165, 1.54) is 38.5 Å². The Kier molecular flexibility index (Phi) is 13.7. The average Bonchev–Trinajstić information content (AvgIpc) is 2.79. The largest absolute Gasteiger partial charge is 0.464 e. The molecule has 0 radical (unpaired) electrons. The van der Waals surface area contributed by atoms with Crippen LogP contribution in [-0.2, 0) is 0 Å². The SMILES string of the molecule is CCOc1nc(Cl)nc(N(CCCCCCCCCCCCN)c2nc(Cl)nc(OCC)n2)n1. The molecule has 0 saturated carbocycles. The molecule has 0 unspecified atom stereocenters. The number of nitrogens with zero attached hydrogens (tertiary/aromatic N) is 7. The first kappa shape index (κ1) is 28.2. The third-order valence-corrected chi connectivity index (χ3v) is 5.36. The van der Waals surface area contributed by atoms with E-state index >= 15 is 0 Å². The number of halogens is 2. The number of anilines is 2. The van der Waals surface area contributed by atoms with Crippen LogP contribution < -0.4 is 20.1 Å². The van der Waals surface area contributed by atoms with Gasteiger partial charge in [-0.1, -0.05) is 51.4 Å². The molecule has 0 saturated heterocycles. The highest BCUT2D eigenvalue weighted by atomic mass is 35.5. The number of hydrogen-bond donors (Lipinski definition) is 1. The zero-order chi connectivity index (χ0) is 24.6. The fourth-order valence-electron chi connectivity index (χ4n) is 3.39. The lowest BCUT2D eigenvalue weighted by Crippen LogP contribution is -2.24. The van der Waals surface area contributed by atoms with Gasteiger partial charge in [0.2, 0.25) is 22.5 Å². The predicted octanol–water partition coefficient (Wildman–Crippen LogP) is 5.16. The highest BCUT2D eigenvalue weighted by Gasteiger charge is 2.20. The molecular formula is C22H36Cl2N8O2. The lowest BCUT2D eigenvalue weighted by atomic mass is 10.1. The highest BCUT2D eigenvalue weighted by molar-refractivity contribution is 6.28. The third-order valence-electron chi connectivity index (χ3n) is 5.02. The first-order valence-corrected chi connectivity index (χ1v) is 12.9. The molecule has 2 aromatic rings. The van der Waals surface area contributed by atoms with Gasteiger partial charge >= 0.3 is 12.0 Å². The topological polar surface area (TPSA) is 125 Å². The number of aromatic nitrogens is 6. The summed E-state index contributed by atoms with van der Waals surface area (Å²) >= 11 is 12.2. The van der Waals surface area contributed by atoms with Crippen molar-refractivity contribution >= 4 is 35.1 Å². The number of ether oxygens (including phenoxy) is 2. The van der Waals surface area contributed by atoms with Crippen molar-refractivity contribution in [3.63, 3.8) is 0 Å². The molecule has 2 rings (SSSR count). The maximum atomic E-state index is 6.12. The van der Waals surface area contributed by atoms with Crippen LogP contribution in [0.25, 0.3) is 0 Å². The molecular weight excluding hydrogens is 479 g/mol. The van der Waals surface area contributed by atoms with Crippen LogP contribution >= 0.6 is 23.2 Å². The van der Waals surface area contributed by atoms with E-state index in [1.54, 1.807) is 4.90 Å². The van der Waals surface area contributed by atoms with E-state index in [-0.39, 0.29) is 34.5 Å². The minimum absolute atomic E-state index is 0.0232. The number of nitrogens with two attached hydrogens (primary N) is 1. The van der Waals surface area contributed by atoms with Crippen LogP contribution in [-0.4, -0.2) is 56.2 Å². The summed E-state index contributed by atoms with van der Waals surface area (Å²) in [5.41, 5.74) is 5.54. The summed E-state index contributed by atoms with van der Waals surface area (Å²) in [5.74, 6) is 0.566. The maximum absolute atomic E-state index is 6.12. The fourth-order valence-corrected chi connectivity index (χ4v) is 3.69. The molecule has 0 aliphatic carbocycles. The predicted molar refractivity (Wildman–Crippen MR) is 134 cm³/mol. The van der Waals surface area contributed by atoms with Gasteiger partial charge in [0.15, 0.2) is 0 Å². The van der Waals surface area contributed by atoms with Gasteiger partial charge in [0.05, 0.1) is 13.2 Å². The summed E-state index contributed by atoms with van der Waals surface area (Å²) < 4.78 is 10.9. The standard InChI is InChI=1S/C22H36Cl2N8O2/c1-3-33-21-28-17(23)26-19(30-21)32(20-27-18(24)29-22(31-20)34-4-2)16-14-12-10-8-6-5-7-9-11-13-15-25/h3-16,25H2,1-2H3. The molecule has 2 N–H and O–H groups in total. The Balaban J connectivity index is 2.00. The Bertz CT molecular complexity index is 791. The van der Waals surface area contributed by atoms with Gasteiger partial charge in [0, 0.05) is 6.54 Å². The summed E-state index contributed by atoms with van der Waals surface area (Å²) in [5, 5.41) is 0.0465. The van der Waals surface area contributed by atoms with Crippen LogP contribution in [0.3, 0.4) is 0 Å². The summed E-state index contributed by atoms with van der Waals surface area (Å²) in [6, 6.07) is 0.276. The van der Waals surface area contributed by atoms with Crippen molar-refractivity contribution in [1.82, 2.24) is 29.9 Å². The van der Waals surface area contributed by atoms with Crippen molar-refractivity contribution in [2.24, 2.45) is 5.73 Å². The second-order valence-electron chi connectivity index (χ2n) is 7.72. The first-order chi connectivity index (χ1) is 16.6. The molecule has 0 aliphatic heterocycles. The quantitative estimate of drug-likeness (QED) is 0.266. The number of unbranched alkanes of at least 4 members (excludes halogenated alkanes) is 9. The van der Waals surface area contributed by atoms with Crippen LogP contribution in [0.1, 0.15) is 78.1 Å². The van der Waals surface area contributed by atoms with Gasteiger partial charge in [-0.25, -0.2) is 0 Å². The molecule has 12 heteroatoms. The molecule has 0 atom stereocenters. The summed E-state index contributed by atoms with van der Waals surface area (Å²) in [7, 11) is 0. The molecule has 0 aromatic carbocycles. The monoisotopic (exact) mass is 514 g/mol. The van der Waals surface area contributed by atoms with Crippen molar-refractivity contribution in [3.05, 3.63) is 10.6 Å². The van der Waals surface area contributed by atoms with Gasteiger partial charge in [-0.05, 0) is 56.4 Å². The first-order valence-electron chi connectivity index (χ1n) is 12.1. The van der Waals surface area contributed by atoms with E-state index in [4.69, 9.17) is 38.4 Å². The van der Waals surface area contributed by atoms with Gasteiger partial charge in [-0.15, -0.1) is 0 Å². The van der Waals surface area contributed by atoms with Gasteiger partial charge in [-0.2, -0.15) is 29.9 Å². The minimum Gasteiger partial charge on any atom is -0.464 e. The molecule has 2 aromatic heterocycles. The Morgan fingerprint density at radius 1 is 0.618 bits per heavy atom. The van der Waals surface area contributed by atoms with Crippen molar-refractivity contribution in [3.8, 4) is 12.0 Å². The Hall–Kier alpha value is -2.04. The van der Waals surface area contributed by atoms with Gasteiger partial charge in [-0.3, -0.25) is 4.90 Å². The molecule has 0 aliphatic rings. The van der Waals surface area contributed by atoms with Crippen LogP contribution in [0.2, 0.25) is 10.6 Å². The maximum Gasteiger partial charge on any atom is 0.322 e. The fraction of sp³-hybridized carbons (Fsp3) is 0.727. The summed E-state index contributed by atoms with van der Waals surface area (Å²) in [6.07, 6.45) is 11.8. The smallest absolute Gasteiger partial charge is 0.322 e. The molecule has 0 amide bonds. The van der Waals surface area contributed by atoms with Gasteiger partial charge < -0.3 is 15.2 Å². The normalized spacial score (nSPS) is 11.0. The van der Waals surface area contributed by atoms with E-state index in [9.17, 15) is 0 Å². The van der Waals surface area contributed by atoms with Crippen molar-refractivity contribution in [2.75, 3.05) is 31.2 Å². The van der Waals surface area contributed by atoms with E-state index < -0.39 is 0 Å². The minimum atomic E-state index is 0.0232. The van der Waals surface area contributed by atoms with Crippen molar-refractivity contribution in [2.45, 2.75) is 78.1 Å². The van der Waals surface area contributed by atoms with Crippen LogP contribution in [0.4, 0.5) is 11.9 Å². The van der Waals surface area contributed by atoms with Crippen molar-refractivity contribution in [1.29, 1.82) is 0 Å².